The molecule has 1 atom stereocenters. The van der Waals surface area contributed by atoms with Gasteiger partial charge in [0.05, 0.1) is 16.7 Å². The number of nitrogens with zero attached hydrogens (tertiary/aromatic N) is 1. The molecule has 0 radical (unpaired) electrons. The van der Waals surface area contributed by atoms with Crippen molar-refractivity contribution in [1.82, 2.24) is 10.2 Å². The summed E-state index contributed by atoms with van der Waals surface area (Å²) in [7, 11) is 0. The Morgan fingerprint density at radius 3 is 2.89 bits per heavy atom. The smallest absolute Gasteiger partial charge is 0.0599 e. The molecule has 0 aromatic heterocycles. The van der Waals surface area contributed by atoms with E-state index in [1.165, 1.54) is 0 Å². The molecule has 2 rings (SSSR count). The highest BCUT2D eigenvalue weighted by Gasteiger charge is 2.20. The van der Waals surface area contributed by atoms with Gasteiger partial charge in [0.2, 0.25) is 0 Å². The predicted molar refractivity (Wildman–Crippen MR) is 75.2 cm³/mol. The van der Waals surface area contributed by atoms with E-state index in [0.29, 0.717) is 10.0 Å². The van der Waals surface area contributed by atoms with E-state index in [-0.39, 0.29) is 12.6 Å². The second kappa shape index (κ2) is 6.73. The van der Waals surface area contributed by atoms with Gasteiger partial charge in [-0.3, -0.25) is 4.90 Å². The van der Waals surface area contributed by atoms with Crippen LogP contribution in [-0.4, -0.2) is 42.3 Å². The minimum atomic E-state index is 0.168. The summed E-state index contributed by atoms with van der Waals surface area (Å²) >= 11 is 11.9. The third-order valence-corrected chi connectivity index (χ3v) is 4.01. The molecule has 0 saturated carbocycles. The highest BCUT2D eigenvalue weighted by molar-refractivity contribution is 6.42. The molecule has 18 heavy (non-hydrogen) atoms. The lowest BCUT2D eigenvalue weighted by molar-refractivity contribution is 0.126. The van der Waals surface area contributed by atoms with E-state index in [9.17, 15) is 5.11 Å². The maximum absolute atomic E-state index is 9.43. The van der Waals surface area contributed by atoms with E-state index in [1.807, 2.05) is 18.2 Å². The van der Waals surface area contributed by atoms with Gasteiger partial charge >= 0.3 is 0 Å². The number of rotatable bonds is 3. The quantitative estimate of drug-likeness (QED) is 0.895. The summed E-state index contributed by atoms with van der Waals surface area (Å²) < 4.78 is 0. The van der Waals surface area contributed by atoms with Crippen LogP contribution in [0.5, 0.6) is 0 Å². The fourth-order valence-electron chi connectivity index (χ4n) is 2.25. The Labute approximate surface area is 118 Å². The Morgan fingerprint density at radius 1 is 1.33 bits per heavy atom. The fourth-order valence-corrected chi connectivity index (χ4v) is 2.57. The number of aliphatic hydroxyl groups excluding tert-OH is 1. The standard InChI is InChI=1S/C13H18Cl2N2O/c14-12-3-2-10(6-13(12)15)8-17-5-1-4-16-7-11(17)9-18/h2-3,6,11,16,18H,1,4-5,7-9H2. The first-order chi connectivity index (χ1) is 8.70. The van der Waals surface area contributed by atoms with Crippen LogP contribution in [-0.2, 0) is 6.54 Å². The van der Waals surface area contributed by atoms with Gasteiger partial charge in [0.25, 0.3) is 0 Å². The lowest BCUT2D eigenvalue weighted by atomic mass is 10.1. The van der Waals surface area contributed by atoms with Crippen molar-refractivity contribution >= 4 is 23.2 Å². The molecule has 1 aliphatic rings. The third-order valence-electron chi connectivity index (χ3n) is 3.28. The van der Waals surface area contributed by atoms with Gasteiger partial charge in [-0.25, -0.2) is 0 Å². The van der Waals surface area contributed by atoms with Gasteiger partial charge < -0.3 is 10.4 Å². The summed E-state index contributed by atoms with van der Waals surface area (Å²) in [6.07, 6.45) is 1.10. The number of nitrogens with one attached hydrogen (secondary N) is 1. The summed E-state index contributed by atoms with van der Waals surface area (Å²) in [5.41, 5.74) is 1.13. The van der Waals surface area contributed by atoms with E-state index in [4.69, 9.17) is 23.2 Å². The Kier molecular flexibility index (Phi) is 5.27. The molecule has 0 bridgehead atoms. The van der Waals surface area contributed by atoms with Crippen LogP contribution < -0.4 is 5.32 Å². The van der Waals surface area contributed by atoms with E-state index in [1.54, 1.807) is 0 Å². The molecule has 0 aliphatic carbocycles. The van der Waals surface area contributed by atoms with Crippen LogP contribution in [0.1, 0.15) is 12.0 Å². The number of hydrogen-bond donors (Lipinski definition) is 2. The van der Waals surface area contributed by atoms with Crippen LogP contribution in [0, 0.1) is 0 Å². The largest absolute Gasteiger partial charge is 0.395 e. The molecular formula is C13H18Cl2N2O. The maximum Gasteiger partial charge on any atom is 0.0599 e. The molecular weight excluding hydrogens is 271 g/mol. The van der Waals surface area contributed by atoms with Crippen LogP contribution in [0.2, 0.25) is 10.0 Å². The predicted octanol–water partition coefficient (Wildman–Crippen LogP) is 2.15. The van der Waals surface area contributed by atoms with Crippen LogP contribution in [0.15, 0.2) is 18.2 Å². The zero-order chi connectivity index (χ0) is 13.0. The third kappa shape index (κ3) is 3.59. The molecule has 100 valence electrons. The van der Waals surface area contributed by atoms with Gasteiger partial charge in [-0.15, -0.1) is 0 Å². The molecule has 2 N–H and O–H groups in total. The highest BCUT2D eigenvalue weighted by Crippen LogP contribution is 2.23. The topological polar surface area (TPSA) is 35.5 Å². The monoisotopic (exact) mass is 288 g/mol. The van der Waals surface area contributed by atoms with Crippen LogP contribution in [0.3, 0.4) is 0 Å². The molecule has 5 heteroatoms. The zero-order valence-electron chi connectivity index (χ0n) is 10.2. The summed E-state index contributed by atoms with van der Waals surface area (Å²) in [6.45, 7) is 3.79. The average Bonchev–Trinajstić information content (AvgIpc) is 2.59. The van der Waals surface area contributed by atoms with Gasteiger partial charge in [0.1, 0.15) is 0 Å². The molecule has 3 nitrogen and oxygen atoms in total. The second-order valence-electron chi connectivity index (χ2n) is 4.61. The van der Waals surface area contributed by atoms with Gasteiger partial charge in [-0.05, 0) is 30.7 Å². The SMILES string of the molecule is OCC1CNCCCN1Cc1ccc(Cl)c(Cl)c1. The van der Waals surface area contributed by atoms with Crippen molar-refractivity contribution < 1.29 is 5.11 Å². The average molecular weight is 289 g/mol. The Hall–Kier alpha value is -0.320. The molecule has 1 aromatic rings. The molecule has 0 spiro atoms. The molecule has 1 aliphatic heterocycles. The zero-order valence-corrected chi connectivity index (χ0v) is 11.7. The summed E-state index contributed by atoms with van der Waals surface area (Å²) in [5, 5.41) is 13.9. The van der Waals surface area contributed by atoms with Crippen LogP contribution >= 0.6 is 23.2 Å². The number of halogens is 2. The number of aliphatic hydroxyl groups is 1. The highest BCUT2D eigenvalue weighted by atomic mass is 35.5. The molecule has 1 unspecified atom stereocenters. The normalized spacial score (nSPS) is 21.8. The lowest BCUT2D eigenvalue weighted by Crippen LogP contribution is -2.41. The first kappa shape index (κ1) is 14.1. The van der Waals surface area contributed by atoms with Crippen molar-refractivity contribution in [3.63, 3.8) is 0 Å². The van der Waals surface area contributed by atoms with Crippen molar-refractivity contribution in [3.05, 3.63) is 33.8 Å². The van der Waals surface area contributed by atoms with Crippen LogP contribution in [0.25, 0.3) is 0 Å². The van der Waals surface area contributed by atoms with Crippen molar-refractivity contribution in [1.29, 1.82) is 0 Å². The molecule has 1 aromatic carbocycles. The Bertz CT molecular complexity index is 401. The Morgan fingerprint density at radius 2 is 2.17 bits per heavy atom. The number of hydrogen-bond acceptors (Lipinski definition) is 3. The number of benzene rings is 1. The maximum atomic E-state index is 9.43. The van der Waals surface area contributed by atoms with Crippen molar-refractivity contribution in [2.75, 3.05) is 26.2 Å². The molecule has 0 amide bonds. The second-order valence-corrected chi connectivity index (χ2v) is 5.43. The van der Waals surface area contributed by atoms with Gasteiger partial charge in [0, 0.05) is 25.7 Å². The molecule has 1 saturated heterocycles. The first-order valence-electron chi connectivity index (χ1n) is 6.20. The van der Waals surface area contributed by atoms with E-state index >= 15 is 0 Å². The van der Waals surface area contributed by atoms with E-state index in [0.717, 1.165) is 38.2 Å². The van der Waals surface area contributed by atoms with Gasteiger partial charge in [-0.1, -0.05) is 29.3 Å². The molecule has 1 heterocycles. The van der Waals surface area contributed by atoms with Crippen molar-refractivity contribution in [2.24, 2.45) is 0 Å². The van der Waals surface area contributed by atoms with Crippen molar-refractivity contribution in [2.45, 2.75) is 19.0 Å². The van der Waals surface area contributed by atoms with Crippen LogP contribution in [0.4, 0.5) is 0 Å². The minimum Gasteiger partial charge on any atom is -0.395 e. The van der Waals surface area contributed by atoms with Crippen molar-refractivity contribution in [3.8, 4) is 0 Å². The summed E-state index contributed by atoms with van der Waals surface area (Å²) in [4.78, 5) is 2.29. The lowest BCUT2D eigenvalue weighted by Gasteiger charge is -2.28. The van der Waals surface area contributed by atoms with E-state index < -0.39 is 0 Å². The Balaban J connectivity index is 2.07. The minimum absolute atomic E-state index is 0.168. The molecule has 1 fully saturated rings. The first-order valence-corrected chi connectivity index (χ1v) is 6.96. The van der Waals surface area contributed by atoms with E-state index in [2.05, 4.69) is 10.2 Å². The fraction of sp³-hybridized carbons (Fsp3) is 0.538. The van der Waals surface area contributed by atoms with Gasteiger partial charge in [-0.2, -0.15) is 0 Å². The summed E-state index contributed by atoms with van der Waals surface area (Å²) in [6, 6.07) is 5.88. The summed E-state index contributed by atoms with van der Waals surface area (Å²) in [5.74, 6) is 0. The van der Waals surface area contributed by atoms with Gasteiger partial charge in [0.15, 0.2) is 0 Å².